The highest BCUT2D eigenvalue weighted by Gasteiger charge is 2.09. The Morgan fingerprint density at radius 3 is 2.61 bits per heavy atom. The molecule has 0 aliphatic rings. The zero-order valence-electron chi connectivity index (χ0n) is 9.63. The van der Waals surface area contributed by atoms with Gasteiger partial charge in [0.15, 0.2) is 0 Å². The van der Waals surface area contributed by atoms with E-state index in [0.717, 1.165) is 11.1 Å². The van der Waals surface area contributed by atoms with Gasteiger partial charge in [-0.05, 0) is 12.5 Å². The van der Waals surface area contributed by atoms with Crippen LogP contribution >= 0.6 is 11.6 Å². The number of rotatable bonds is 1. The topological polar surface area (TPSA) is 69.1 Å². The first-order valence-corrected chi connectivity index (χ1v) is 5.77. The molecule has 0 saturated carbocycles. The number of anilines is 1. The third-order valence-electron chi connectivity index (χ3n) is 2.66. The van der Waals surface area contributed by atoms with Crippen molar-refractivity contribution in [3.8, 4) is 11.1 Å². The highest BCUT2D eigenvalue weighted by molar-refractivity contribution is 6.32. The van der Waals surface area contributed by atoms with Crippen LogP contribution < -0.4 is 5.73 Å². The zero-order valence-corrected chi connectivity index (χ0v) is 10.4. The van der Waals surface area contributed by atoms with Gasteiger partial charge in [-0.2, -0.15) is 9.97 Å². The summed E-state index contributed by atoms with van der Waals surface area (Å²) in [6.45, 7) is 2.03. The van der Waals surface area contributed by atoms with Gasteiger partial charge in [0.25, 0.3) is 5.78 Å². The van der Waals surface area contributed by atoms with Crippen LogP contribution in [-0.2, 0) is 0 Å². The molecule has 0 atom stereocenters. The Hall–Kier alpha value is -2.14. The molecule has 2 aromatic heterocycles. The van der Waals surface area contributed by atoms with E-state index in [4.69, 9.17) is 17.3 Å². The molecule has 2 heterocycles. The lowest BCUT2D eigenvalue weighted by atomic mass is 10.1. The van der Waals surface area contributed by atoms with Gasteiger partial charge in [0.2, 0.25) is 5.95 Å². The summed E-state index contributed by atoms with van der Waals surface area (Å²) in [6, 6.07) is 8.02. The fourth-order valence-electron chi connectivity index (χ4n) is 1.74. The molecule has 0 aliphatic carbocycles. The van der Waals surface area contributed by atoms with Crippen molar-refractivity contribution in [3.63, 3.8) is 0 Å². The van der Waals surface area contributed by atoms with Crippen molar-refractivity contribution in [2.75, 3.05) is 5.73 Å². The summed E-state index contributed by atoms with van der Waals surface area (Å²) < 4.78 is 1.52. The lowest BCUT2D eigenvalue weighted by Crippen LogP contribution is -1.94. The smallest absolute Gasteiger partial charge is 0.255 e. The first-order valence-electron chi connectivity index (χ1n) is 5.39. The van der Waals surface area contributed by atoms with Crippen molar-refractivity contribution in [2.24, 2.45) is 0 Å². The summed E-state index contributed by atoms with van der Waals surface area (Å²) in [5.74, 6) is 0.577. The molecule has 0 radical (unpaired) electrons. The SMILES string of the molecule is Cc1ccc(-c2cn3nc(N)nc3nc2Cl)cc1. The largest absolute Gasteiger partial charge is 0.366 e. The molecule has 90 valence electrons. The molecule has 6 heteroatoms. The van der Waals surface area contributed by atoms with E-state index >= 15 is 0 Å². The van der Waals surface area contributed by atoms with Crippen LogP contribution in [-0.4, -0.2) is 19.6 Å². The maximum absolute atomic E-state index is 6.15. The molecule has 0 fully saturated rings. The molecular formula is C12H10ClN5. The Labute approximate surface area is 108 Å². The number of hydrogen-bond donors (Lipinski definition) is 1. The number of hydrogen-bond acceptors (Lipinski definition) is 4. The number of nitrogen functional groups attached to an aromatic ring is 1. The highest BCUT2D eigenvalue weighted by Crippen LogP contribution is 2.26. The number of benzene rings is 1. The first-order chi connectivity index (χ1) is 8.63. The quantitative estimate of drug-likeness (QED) is 0.681. The second-order valence-electron chi connectivity index (χ2n) is 4.03. The minimum Gasteiger partial charge on any atom is -0.366 e. The predicted octanol–water partition coefficient (Wildman–Crippen LogP) is 2.34. The minimum absolute atomic E-state index is 0.180. The van der Waals surface area contributed by atoms with Crippen LogP contribution in [0.5, 0.6) is 0 Å². The number of aromatic nitrogens is 4. The summed E-state index contributed by atoms with van der Waals surface area (Å²) in [6.07, 6.45) is 1.78. The lowest BCUT2D eigenvalue weighted by molar-refractivity contribution is 0.946. The molecule has 0 bridgehead atoms. The third-order valence-corrected chi connectivity index (χ3v) is 2.95. The van der Waals surface area contributed by atoms with Crippen molar-refractivity contribution in [1.82, 2.24) is 19.6 Å². The Bertz CT molecular complexity index is 717. The van der Waals surface area contributed by atoms with Crippen LogP contribution in [0, 0.1) is 6.92 Å². The van der Waals surface area contributed by atoms with Crippen molar-refractivity contribution in [2.45, 2.75) is 6.92 Å². The van der Waals surface area contributed by atoms with Gasteiger partial charge in [-0.15, -0.1) is 5.10 Å². The summed E-state index contributed by atoms with van der Waals surface area (Å²) in [5, 5.41) is 4.41. The number of nitrogens with zero attached hydrogens (tertiary/aromatic N) is 4. The van der Waals surface area contributed by atoms with Crippen LogP contribution in [0.2, 0.25) is 5.15 Å². The van der Waals surface area contributed by atoms with E-state index in [1.807, 2.05) is 31.2 Å². The van der Waals surface area contributed by atoms with Gasteiger partial charge in [0.1, 0.15) is 5.15 Å². The van der Waals surface area contributed by atoms with E-state index in [1.165, 1.54) is 10.1 Å². The van der Waals surface area contributed by atoms with Crippen LogP contribution in [0.15, 0.2) is 30.5 Å². The molecule has 0 saturated heterocycles. The van der Waals surface area contributed by atoms with E-state index in [1.54, 1.807) is 6.20 Å². The fourth-order valence-corrected chi connectivity index (χ4v) is 1.98. The normalized spacial score (nSPS) is 11.0. The zero-order chi connectivity index (χ0) is 12.7. The molecule has 0 aliphatic heterocycles. The van der Waals surface area contributed by atoms with Crippen LogP contribution in [0.4, 0.5) is 5.95 Å². The standard InChI is InChI=1S/C12H10ClN5/c1-7-2-4-8(5-3-7)9-6-18-12(15-10(9)13)16-11(14)17-18/h2-6H,1H3,(H2,14,17). The number of aryl methyl sites for hydroxylation is 1. The van der Waals surface area contributed by atoms with Crippen LogP contribution in [0.3, 0.4) is 0 Å². The second kappa shape index (κ2) is 3.96. The van der Waals surface area contributed by atoms with Gasteiger partial charge in [-0.3, -0.25) is 0 Å². The monoisotopic (exact) mass is 259 g/mol. The molecule has 0 amide bonds. The van der Waals surface area contributed by atoms with Gasteiger partial charge in [0.05, 0.1) is 0 Å². The van der Waals surface area contributed by atoms with Crippen molar-refractivity contribution in [3.05, 3.63) is 41.2 Å². The molecule has 3 rings (SSSR count). The molecule has 2 N–H and O–H groups in total. The van der Waals surface area contributed by atoms with E-state index in [-0.39, 0.29) is 5.95 Å². The van der Waals surface area contributed by atoms with Gasteiger partial charge >= 0.3 is 0 Å². The summed E-state index contributed by atoms with van der Waals surface area (Å²) in [4.78, 5) is 8.13. The van der Waals surface area contributed by atoms with Crippen molar-refractivity contribution < 1.29 is 0 Å². The Balaban J connectivity index is 2.21. The van der Waals surface area contributed by atoms with E-state index in [2.05, 4.69) is 15.1 Å². The van der Waals surface area contributed by atoms with E-state index in [9.17, 15) is 0 Å². The molecule has 0 spiro atoms. The highest BCUT2D eigenvalue weighted by atomic mass is 35.5. The van der Waals surface area contributed by atoms with E-state index in [0.29, 0.717) is 10.9 Å². The number of nitrogens with two attached hydrogens (primary N) is 1. The summed E-state index contributed by atoms with van der Waals surface area (Å²) in [5.41, 5.74) is 8.49. The second-order valence-corrected chi connectivity index (χ2v) is 4.38. The first kappa shape index (κ1) is 11.0. The average Bonchev–Trinajstić information content (AvgIpc) is 2.68. The molecule has 0 unspecified atom stereocenters. The summed E-state index contributed by atoms with van der Waals surface area (Å²) >= 11 is 6.15. The van der Waals surface area contributed by atoms with Gasteiger partial charge in [-0.1, -0.05) is 41.4 Å². The number of halogens is 1. The molecule has 1 aromatic carbocycles. The number of fused-ring (bicyclic) bond motifs is 1. The minimum atomic E-state index is 0.180. The fraction of sp³-hybridized carbons (Fsp3) is 0.0833. The molecule has 5 nitrogen and oxygen atoms in total. The van der Waals surface area contributed by atoms with E-state index < -0.39 is 0 Å². The van der Waals surface area contributed by atoms with Gasteiger partial charge < -0.3 is 5.73 Å². The van der Waals surface area contributed by atoms with Crippen LogP contribution in [0.1, 0.15) is 5.56 Å². The van der Waals surface area contributed by atoms with Gasteiger partial charge in [0, 0.05) is 11.8 Å². The maximum Gasteiger partial charge on any atom is 0.255 e. The Kier molecular flexibility index (Phi) is 2.41. The van der Waals surface area contributed by atoms with Crippen molar-refractivity contribution in [1.29, 1.82) is 0 Å². The Morgan fingerprint density at radius 2 is 1.89 bits per heavy atom. The average molecular weight is 260 g/mol. The van der Waals surface area contributed by atoms with Crippen molar-refractivity contribution >= 4 is 23.3 Å². The molecular weight excluding hydrogens is 250 g/mol. The maximum atomic E-state index is 6.15. The molecule has 3 aromatic rings. The Morgan fingerprint density at radius 1 is 1.17 bits per heavy atom. The molecule has 18 heavy (non-hydrogen) atoms. The summed E-state index contributed by atoms with van der Waals surface area (Å²) in [7, 11) is 0. The lowest BCUT2D eigenvalue weighted by Gasteiger charge is -2.04. The predicted molar refractivity (Wildman–Crippen MR) is 70.4 cm³/mol. The van der Waals surface area contributed by atoms with Crippen LogP contribution in [0.25, 0.3) is 16.9 Å². The third kappa shape index (κ3) is 1.78. The van der Waals surface area contributed by atoms with Gasteiger partial charge in [-0.25, -0.2) is 4.52 Å².